The second-order valence-corrected chi connectivity index (χ2v) is 5.48. The van der Waals surface area contributed by atoms with Gasteiger partial charge in [-0.05, 0) is 54.2 Å². The molecule has 84 valence electrons. The lowest BCUT2D eigenvalue weighted by Crippen LogP contribution is -2.21. The van der Waals surface area contributed by atoms with Crippen molar-refractivity contribution in [3.05, 3.63) is 34.0 Å². The maximum Gasteiger partial charge on any atom is 0.0623 e. The molecule has 2 aliphatic carbocycles. The number of halogens is 1. The highest BCUT2D eigenvalue weighted by molar-refractivity contribution is 6.32. The highest BCUT2D eigenvalue weighted by Gasteiger charge is 2.31. The number of nitrogens with zero attached hydrogens (tertiary/aromatic N) is 1. The number of hydrogen-bond acceptors (Lipinski definition) is 1. The van der Waals surface area contributed by atoms with Gasteiger partial charge in [0.25, 0.3) is 0 Å². The van der Waals surface area contributed by atoms with Gasteiger partial charge in [-0.25, -0.2) is 0 Å². The minimum Gasteiger partial charge on any atom is -0.263 e. The highest BCUT2D eigenvalue weighted by Crippen LogP contribution is 2.45. The number of hydrogen-bond donors (Lipinski definition) is 0. The van der Waals surface area contributed by atoms with E-state index in [4.69, 9.17) is 11.6 Å². The number of rotatable bonds is 0. The van der Waals surface area contributed by atoms with Gasteiger partial charge in [-0.15, -0.1) is 0 Å². The topological polar surface area (TPSA) is 12.4 Å². The quantitative estimate of drug-likeness (QED) is 0.594. The molecule has 1 aliphatic heterocycles. The van der Waals surface area contributed by atoms with Crippen LogP contribution in [0.4, 0.5) is 0 Å². The van der Waals surface area contributed by atoms with Crippen molar-refractivity contribution in [2.75, 3.05) is 0 Å². The van der Waals surface area contributed by atoms with E-state index < -0.39 is 0 Å². The summed E-state index contributed by atoms with van der Waals surface area (Å²) in [6.07, 6.45) is 11.1. The minimum absolute atomic E-state index is 0.673. The fraction of sp³-hybridized carbons (Fsp3) is 0.500. The van der Waals surface area contributed by atoms with Gasteiger partial charge in [0, 0.05) is 12.4 Å². The van der Waals surface area contributed by atoms with Gasteiger partial charge in [0.05, 0.1) is 5.03 Å². The Morgan fingerprint density at radius 3 is 3.19 bits per heavy atom. The largest absolute Gasteiger partial charge is 0.263 e. The van der Waals surface area contributed by atoms with E-state index >= 15 is 0 Å². The van der Waals surface area contributed by atoms with Gasteiger partial charge < -0.3 is 0 Å². The van der Waals surface area contributed by atoms with Crippen molar-refractivity contribution in [2.45, 2.75) is 32.6 Å². The van der Waals surface area contributed by atoms with Crippen molar-refractivity contribution < 1.29 is 0 Å². The summed E-state index contributed by atoms with van der Waals surface area (Å²) < 4.78 is 0. The first-order chi connectivity index (χ1) is 7.75. The molecule has 0 spiro atoms. The van der Waals surface area contributed by atoms with Crippen LogP contribution in [0.25, 0.3) is 0 Å². The van der Waals surface area contributed by atoms with E-state index in [0.29, 0.717) is 11.8 Å². The van der Waals surface area contributed by atoms with Gasteiger partial charge >= 0.3 is 0 Å². The van der Waals surface area contributed by atoms with Gasteiger partial charge in [0.1, 0.15) is 0 Å². The summed E-state index contributed by atoms with van der Waals surface area (Å²) in [5.74, 6) is 1.39. The van der Waals surface area contributed by atoms with Crippen molar-refractivity contribution in [3.8, 4) is 0 Å². The van der Waals surface area contributed by atoms with Crippen LogP contribution in [-0.2, 0) is 0 Å². The second kappa shape index (κ2) is 3.89. The van der Waals surface area contributed by atoms with Gasteiger partial charge in [0.15, 0.2) is 0 Å². The number of aliphatic imine (C=N–C) groups is 1. The molecule has 0 bridgehead atoms. The van der Waals surface area contributed by atoms with Crippen LogP contribution in [0.5, 0.6) is 0 Å². The van der Waals surface area contributed by atoms with E-state index in [1.54, 1.807) is 6.20 Å². The standard InChI is InChI=1S/C14H16ClN/c1-9-5-10-3-2-4-12-13(15)8-16-7-11(6-9)14(10)12/h6-10H,2-5H2,1H3. The summed E-state index contributed by atoms with van der Waals surface area (Å²) in [6.45, 7) is 2.30. The summed E-state index contributed by atoms with van der Waals surface area (Å²) >= 11 is 6.30. The molecule has 1 heterocycles. The highest BCUT2D eigenvalue weighted by atomic mass is 35.5. The minimum atomic E-state index is 0.673. The molecule has 0 aromatic carbocycles. The Labute approximate surface area is 102 Å². The maximum absolute atomic E-state index is 6.30. The second-order valence-electron chi connectivity index (χ2n) is 5.07. The maximum atomic E-state index is 6.30. The summed E-state index contributed by atoms with van der Waals surface area (Å²) in [7, 11) is 0. The molecule has 3 aliphatic rings. The van der Waals surface area contributed by atoms with Crippen LogP contribution in [0.2, 0.25) is 0 Å². The molecule has 0 saturated heterocycles. The van der Waals surface area contributed by atoms with Crippen molar-refractivity contribution in [1.82, 2.24) is 0 Å². The normalized spacial score (nSPS) is 32.9. The van der Waals surface area contributed by atoms with Crippen LogP contribution >= 0.6 is 11.6 Å². The third-order valence-electron chi connectivity index (χ3n) is 3.83. The Hall–Kier alpha value is -0.820. The first kappa shape index (κ1) is 10.3. The monoisotopic (exact) mass is 233 g/mol. The van der Waals surface area contributed by atoms with Crippen LogP contribution in [0.15, 0.2) is 39.0 Å². The van der Waals surface area contributed by atoms with Gasteiger partial charge in [0.2, 0.25) is 0 Å². The van der Waals surface area contributed by atoms with Crippen LogP contribution in [0.1, 0.15) is 32.6 Å². The Bertz CT molecular complexity index is 440. The predicted octanol–water partition coefficient (Wildman–Crippen LogP) is 4.21. The van der Waals surface area contributed by atoms with E-state index in [9.17, 15) is 0 Å². The molecule has 16 heavy (non-hydrogen) atoms. The first-order valence-corrected chi connectivity index (χ1v) is 6.48. The van der Waals surface area contributed by atoms with E-state index in [-0.39, 0.29) is 0 Å². The first-order valence-electron chi connectivity index (χ1n) is 6.10. The van der Waals surface area contributed by atoms with Crippen LogP contribution in [0.3, 0.4) is 0 Å². The van der Waals surface area contributed by atoms with Crippen molar-refractivity contribution in [1.29, 1.82) is 0 Å². The molecule has 0 amide bonds. The summed E-state index contributed by atoms with van der Waals surface area (Å²) in [6, 6.07) is 0. The molecular formula is C14H16ClN. The predicted molar refractivity (Wildman–Crippen MR) is 68.7 cm³/mol. The molecule has 2 heteroatoms. The third kappa shape index (κ3) is 1.58. The lowest BCUT2D eigenvalue weighted by Gasteiger charge is -2.33. The van der Waals surface area contributed by atoms with Crippen LogP contribution in [0, 0.1) is 11.8 Å². The lowest BCUT2D eigenvalue weighted by molar-refractivity contribution is 0.418. The van der Waals surface area contributed by atoms with Crippen molar-refractivity contribution in [3.63, 3.8) is 0 Å². The van der Waals surface area contributed by atoms with E-state index in [1.807, 2.05) is 6.21 Å². The molecule has 0 fully saturated rings. The molecule has 0 radical (unpaired) electrons. The zero-order valence-corrected chi connectivity index (χ0v) is 10.3. The molecule has 0 aromatic rings. The Balaban J connectivity index is 2.18. The Morgan fingerprint density at radius 1 is 1.44 bits per heavy atom. The average molecular weight is 234 g/mol. The van der Waals surface area contributed by atoms with Gasteiger partial charge in [-0.3, -0.25) is 4.99 Å². The lowest BCUT2D eigenvalue weighted by atomic mass is 9.71. The zero-order chi connectivity index (χ0) is 11.1. The van der Waals surface area contributed by atoms with E-state index in [2.05, 4.69) is 18.0 Å². The smallest absolute Gasteiger partial charge is 0.0623 e. The molecule has 2 unspecified atom stereocenters. The van der Waals surface area contributed by atoms with Crippen LogP contribution in [-0.4, -0.2) is 6.21 Å². The molecule has 0 aromatic heterocycles. The van der Waals surface area contributed by atoms with E-state index in [0.717, 1.165) is 11.5 Å². The molecule has 3 rings (SSSR count). The van der Waals surface area contributed by atoms with Gasteiger partial charge in [-0.1, -0.05) is 24.6 Å². The van der Waals surface area contributed by atoms with Gasteiger partial charge in [-0.2, -0.15) is 0 Å². The summed E-state index contributed by atoms with van der Waals surface area (Å²) in [4.78, 5) is 4.30. The molecular weight excluding hydrogens is 218 g/mol. The average Bonchev–Trinajstić information content (AvgIpc) is 2.41. The van der Waals surface area contributed by atoms with Crippen molar-refractivity contribution in [2.24, 2.45) is 16.8 Å². The molecule has 0 N–H and O–H groups in total. The molecule has 2 atom stereocenters. The van der Waals surface area contributed by atoms with Crippen molar-refractivity contribution >= 4 is 17.8 Å². The molecule has 0 saturated carbocycles. The Morgan fingerprint density at radius 2 is 2.31 bits per heavy atom. The number of allylic oxidation sites excluding steroid dienone is 5. The van der Waals surface area contributed by atoms with E-state index in [1.165, 1.54) is 36.0 Å². The fourth-order valence-electron chi connectivity index (χ4n) is 3.23. The summed E-state index contributed by atoms with van der Waals surface area (Å²) in [5.41, 5.74) is 4.17. The third-order valence-corrected chi connectivity index (χ3v) is 4.16. The fourth-order valence-corrected chi connectivity index (χ4v) is 3.48. The SMILES string of the molecule is CC1C=C2C=NC=C(Cl)C3=C2C(CCC3)C1. The summed E-state index contributed by atoms with van der Waals surface area (Å²) in [5, 5.41) is 0.855. The Kier molecular flexibility index (Phi) is 2.51. The zero-order valence-electron chi connectivity index (χ0n) is 9.54. The van der Waals surface area contributed by atoms with Crippen LogP contribution < -0.4 is 0 Å². The molecule has 1 nitrogen and oxygen atoms in total.